The number of nitrogens with two attached hydrogens (primary N) is 2. The maximum absolute atomic E-state index is 15.9. The molecule has 2 aromatic rings. The van der Waals surface area contributed by atoms with Crippen LogP contribution in [0.2, 0.25) is 0 Å². The van der Waals surface area contributed by atoms with E-state index in [1.54, 1.807) is 32.0 Å². The highest BCUT2D eigenvalue weighted by Crippen LogP contribution is 2.46. The summed E-state index contributed by atoms with van der Waals surface area (Å²) in [6, 6.07) is 7.81. The first-order valence-corrected chi connectivity index (χ1v) is 12.7. The molecule has 0 saturated heterocycles. The smallest absolute Gasteiger partial charge is 0.459 e. The summed E-state index contributed by atoms with van der Waals surface area (Å²) in [6.45, 7) is 4.55. The Morgan fingerprint density at radius 2 is 1.89 bits per heavy atom. The highest BCUT2D eigenvalue weighted by atomic mass is 31.2. The van der Waals surface area contributed by atoms with Gasteiger partial charge in [-0.25, -0.2) is 13.8 Å². The van der Waals surface area contributed by atoms with Crippen LogP contribution in [0, 0.1) is 0 Å². The number of hydrogen-bond acceptors (Lipinski definition) is 11. The van der Waals surface area contributed by atoms with Gasteiger partial charge in [-0.1, -0.05) is 18.2 Å². The first-order valence-electron chi connectivity index (χ1n) is 11.2. The molecule has 1 aromatic heterocycles. The van der Waals surface area contributed by atoms with Crippen LogP contribution in [-0.4, -0.2) is 58.4 Å². The van der Waals surface area contributed by atoms with Crippen LogP contribution in [0.3, 0.4) is 0 Å². The van der Waals surface area contributed by atoms with Gasteiger partial charge in [-0.3, -0.25) is 13.9 Å². The summed E-state index contributed by atoms with van der Waals surface area (Å²) in [7, 11) is -3.60. The predicted octanol–water partition coefficient (Wildman–Crippen LogP) is 1.26. The molecule has 13 nitrogen and oxygen atoms in total. The predicted molar refractivity (Wildman–Crippen MR) is 132 cm³/mol. The first kappa shape index (κ1) is 30.4. The summed E-state index contributed by atoms with van der Waals surface area (Å²) in [5.74, 6) is -3.92. The van der Waals surface area contributed by atoms with Gasteiger partial charge in [0.25, 0.3) is 5.85 Å². The zero-order chi connectivity index (χ0) is 28.0. The molecule has 0 fully saturated rings. The number of halogens is 1. The molecule has 6 N–H and O–H groups in total. The number of aliphatic hydroxyl groups excluding tert-OH is 1. The Kier molecular flexibility index (Phi) is 9.94. The fraction of sp³-hybridized carbons (Fsp3) is 0.500. The van der Waals surface area contributed by atoms with E-state index in [-0.39, 0.29) is 11.6 Å². The number of aromatic nitrogens is 2. The van der Waals surface area contributed by atoms with E-state index in [4.69, 9.17) is 30.0 Å². The lowest BCUT2D eigenvalue weighted by Gasteiger charge is -2.39. The molecule has 0 aliphatic heterocycles. The van der Waals surface area contributed by atoms with Gasteiger partial charge in [-0.05, 0) is 45.9 Å². The lowest BCUT2D eigenvalue weighted by atomic mass is 9.98. The number of methoxy groups -OCH3 is 1. The number of nitrogens with one attached hydrogen (secondary N) is 1. The Labute approximate surface area is 213 Å². The molecule has 206 valence electrons. The molecule has 3 unspecified atom stereocenters. The van der Waals surface area contributed by atoms with Crippen molar-refractivity contribution in [1.82, 2.24) is 14.6 Å². The zero-order valence-electron chi connectivity index (χ0n) is 21.2. The normalized spacial score (nSPS) is 18.2. The van der Waals surface area contributed by atoms with E-state index in [9.17, 15) is 19.3 Å². The van der Waals surface area contributed by atoms with Crippen molar-refractivity contribution in [2.45, 2.75) is 57.5 Å². The minimum absolute atomic E-state index is 0.0772. The molecular formula is C22H33FN5O8P. The molecular weight excluding hydrogens is 512 g/mol. The largest absolute Gasteiger partial charge is 0.462 e. The molecule has 0 bridgehead atoms. The topological polar surface area (TPSA) is 190 Å². The zero-order valence-corrected chi connectivity index (χ0v) is 22.1. The second-order valence-electron chi connectivity index (χ2n) is 8.64. The van der Waals surface area contributed by atoms with E-state index < -0.39 is 55.8 Å². The number of nitrogens with zero attached hydrogens (tertiary/aromatic N) is 2. The molecule has 0 amide bonds. The Morgan fingerprint density at radius 3 is 2.43 bits per heavy atom. The number of esters is 1. The van der Waals surface area contributed by atoms with Crippen LogP contribution in [0.5, 0.6) is 5.75 Å². The SMILES string of the molecule is COC(F)(COP(=O)(NC(C)C(=O)OC(C)C)Oc1ccccc1)[C@@H](O)[C@@](C)(N)n1ccc(N)nc1=O. The molecule has 0 spiro atoms. The third-order valence-corrected chi connectivity index (χ3v) is 6.73. The highest BCUT2D eigenvalue weighted by Gasteiger charge is 2.51. The Morgan fingerprint density at radius 1 is 1.27 bits per heavy atom. The molecule has 37 heavy (non-hydrogen) atoms. The Hall–Kier alpha value is -2.87. The maximum atomic E-state index is 15.9. The second kappa shape index (κ2) is 12.1. The van der Waals surface area contributed by atoms with E-state index in [1.807, 2.05) is 0 Å². The van der Waals surface area contributed by atoms with E-state index in [1.165, 1.54) is 25.1 Å². The number of carbonyl (C=O) groups excluding carboxylic acids is 1. The quantitative estimate of drug-likeness (QED) is 0.209. The highest BCUT2D eigenvalue weighted by molar-refractivity contribution is 7.52. The number of rotatable bonds is 13. The molecule has 0 aliphatic rings. The number of nitrogen functional groups attached to an aromatic ring is 1. The standard InChI is InChI=1S/C22H33FN5O8P/c1-14(2)35-18(29)15(3)27-37(32,36-16-9-7-6-8-10-16)34-13-22(23,33-5)19(30)21(4,25)28-12-11-17(24)26-20(28)31/h6-12,14-15,19,30H,13,25H2,1-5H3,(H,27,32)(H2,24,26,31)/t15?,19-,21-,22?,37?/m0/s1. The number of para-hydroxylation sites is 1. The summed E-state index contributed by atoms with van der Waals surface area (Å²) >= 11 is 0. The lowest BCUT2D eigenvalue weighted by molar-refractivity contribution is -0.233. The van der Waals surface area contributed by atoms with Crippen molar-refractivity contribution in [2.75, 3.05) is 19.5 Å². The van der Waals surface area contributed by atoms with Crippen molar-refractivity contribution >= 4 is 19.5 Å². The average Bonchev–Trinajstić information content (AvgIpc) is 2.82. The summed E-state index contributed by atoms with van der Waals surface area (Å²) in [6.07, 6.45) is -1.60. The van der Waals surface area contributed by atoms with Crippen molar-refractivity contribution in [3.8, 4) is 5.75 Å². The fourth-order valence-corrected chi connectivity index (χ4v) is 4.61. The van der Waals surface area contributed by atoms with Crippen LogP contribution in [0.1, 0.15) is 27.7 Å². The van der Waals surface area contributed by atoms with Crippen LogP contribution in [0.15, 0.2) is 47.4 Å². The van der Waals surface area contributed by atoms with Gasteiger partial charge in [0.1, 0.15) is 29.9 Å². The number of ether oxygens (including phenoxy) is 2. The van der Waals surface area contributed by atoms with Crippen LogP contribution in [-0.2, 0) is 29.0 Å². The number of anilines is 1. The maximum Gasteiger partial charge on any atom is 0.459 e. The van der Waals surface area contributed by atoms with Gasteiger partial charge < -0.3 is 30.6 Å². The minimum Gasteiger partial charge on any atom is -0.462 e. The number of hydrogen-bond donors (Lipinski definition) is 4. The van der Waals surface area contributed by atoms with Crippen molar-refractivity contribution in [1.29, 1.82) is 0 Å². The molecule has 1 heterocycles. The van der Waals surface area contributed by atoms with Crippen LogP contribution in [0.25, 0.3) is 0 Å². The Bertz CT molecular complexity index is 1170. The van der Waals surface area contributed by atoms with Gasteiger partial charge >= 0.3 is 19.4 Å². The molecule has 15 heteroatoms. The third kappa shape index (κ3) is 7.81. The molecule has 5 atom stereocenters. The van der Waals surface area contributed by atoms with E-state index >= 15 is 4.39 Å². The Balaban J connectivity index is 2.33. The number of alkyl halides is 1. The summed E-state index contributed by atoms with van der Waals surface area (Å²) in [5, 5.41) is 13.2. The van der Waals surface area contributed by atoms with Crippen LogP contribution in [0.4, 0.5) is 10.2 Å². The van der Waals surface area contributed by atoms with Gasteiger partial charge in [-0.15, -0.1) is 0 Å². The van der Waals surface area contributed by atoms with Crippen molar-refractivity contribution in [3.63, 3.8) is 0 Å². The number of aliphatic hydroxyl groups is 1. The monoisotopic (exact) mass is 545 g/mol. The van der Waals surface area contributed by atoms with E-state index in [0.717, 1.165) is 24.8 Å². The van der Waals surface area contributed by atoms with E-state index in [0.29, 0.717) is 0 Å². The van der Waals surface area contributed by atoms with Gasteiger partial charge in [0.05, 0.1) is 6.10 Å². The van der Waals surface area contributed by atoms with Gasteiger partial charge in [0.2, 0.25) is 0 Å². The minimum atomic E-state index is -4.50. The lowest BCUT2D eigenvalue weighted by Crippen LogP contribution is -2.63. The molecule has 1 aromatic carbocycles. The molecule has 0 saturated carbocycles. The average molecular weight is 546 g/mol. The van der Waals surface area contributed by atoms with Crippen LogP contribution < -0.4 is 26.8 Å². The number of benzene rings is 1. The molecule has 2 rings (SSSR count). The van der Waals surface area contributed by atoms with E-state index in [2.05, 4.69) is 10.1 Å². The van der Waals surface area contributed by atoms with Gasteiger partial charge in [-0.2, -0.15) is 10.1 Å². The first-order chi connectivity index (χ1) is 17.1. The van der Waals surface area contributed by atoms with Gasteiger partial charge in [0, 0.05) is 13.3 Å². The number of carbonyl (C=O) groups is 1. The molecule has 0 radical (unpaired) electrons. The third-order valence-electron chi connectivity index (χ3n) is 5.10. The van der Waals surface area contributed by atoms with Crippen molar-refractivity contribution in [2.24, 2.45) is 5.73 Å². The second-order valence-corrected chi connectivity index (χ2v) is 10.3. The summed E-state index contributed by atoms with van der Waals surface area (Å²) in [5.41, 5.74) is 8.49. The van der Waals surface area contributed by atoms with Gasteiger partial charge in [0.15, 0.2) is 6.10 Å². The molecule has 0 aliphatic carbocycles. The summed E-state index contributed by atoms with van der Waals surface area (Å²) in [4.78, 5) is 28.0. The fourth-order valence-electron chi connectivity index (χ4n) is 3.11. The summed E-state index contributed by atoms with van der Waals surface area (Å²) < 4.78 is 50.9. The van der Waals surface area contributed by atoms with Crippen LogP contribution >= 0.6 is 7.75 Å². The van der Waals surface area contributed by atoms with Crippen molar-refractivity contribution in [3.05, 3.63) is 53.1 Å². The van der Waals surface area contributed by atoms with Crippen molar-refractivity contribution < 1.29 is 37.4 Å².